The van der Waals surface area contributed by atoms with Crippen molar-refractivity contribution < 1.29 is 4.74 Å². The lowest BCUT2D eigenvalue weighted by atomic mass is 10.1. The Balaban J connectivity index is 2.67. The lowest BCUT2D eigenvalue weighted by Crippen LogP contribution is -2.20. The summed E-state index contributed by atoms with van der Waals surface area (Å²) in [4.78, 5) is 24.3. The molecule has 0 fully saturated rings. The van der Waals surface area contributed by atoms with Crippen LogP contribution in [0, 0.1) is 13.8 Å². The lowest BCUT2D eigenvalue weighted by molar-refractivity contribution is 0.341. The highest BCUT2D eigenvalue weighted by Gasteiger charge is 2.16. The van der Waals surface area contributed by atoms with Gasteiger partial charge in [0.2, 0.25) is 0 Å². The number of H-pyrrole nitrogens is 1. The van der Waals surface area contributed by atoms with Crippen molar-refractivity contribution in [3.05, 3.63) is 45.4 Å². The third-order valence-corrected chi connectivity index (χ3v) is 3.87. The fourth-order valence-corrected chi connectivity index (χ4v) is 2.62. The van der Waals surface area contributed by atoms with Crippen molar-refractivity contribution in [3.63, 3.8) is 0 Å². The van der Waals surface area contributed by atoms with E-state index >= 15 is 0 Å². The van der Waals surface area contributed by atoms with Crippen LogP contribution in [0.1, 0.15) is 43.5 Å². The first-order valence-corrected chi connectivity index (χ1v) is 8.32. The maximum Gasteiger partial charge on any atom is 0.254 e. The van der Waals surface area contributed by atoms with E-state index < -0.39 is 0 Å². The number of hydrogen-bond acceptors (Lipinski definition) is 4. The van der Waals surface area contributed by atoms with Crippen LogP contribution in [0.4, 0.5) is 0 Å². The second-order valence-electron chi connectivity index (χ2n) is 5.74. The average molecular weight is 327 g/mol. The van der Waals surface area contributed by atoms with E-state index in [1.807, 2.05) is 32.0 Å². The van der Waals surface area contributed by atoms with E-state index in [1.54, 1.807) is 14.0 Å². The van der Waals surface area contributed by atoms with Crippen LogP contribution in [0.2, 0.25) is 0 Å². The zero-order chi connectivity index (χ0) is 17.7. The molecule has 1 heterocycles. The molecule has 0 spiro atoms. The van der Waals surface area contributed by atoms with Crippen molar-refractivity contribution in [1.82, 2.24) is 9.97 Å². The molecule has 1 aromatic heterocycles. The molecule has 1 aromatic carbocycles. The van der Waals surface area contributed by atoms with Gasteiger partial charge in [0.25, 0.3) is 5.56 Å². The Labute approximate surface area is 142 Å². The van der Waals surface area contributed by atoms with Crippen molar-refractivity contribution >= 4 is 5.71 Å². The molecule has 2 rings (SSSR count). The number of benzene rings is 1. The first-order valence-electron chi connectivity index (χ1n) is 8.32. The summed E-state index contributed by atoms with van der Waals surface area (Å²) in [7, 11) is 1.74. The maximum absolute atomic E-state index is 12.4. The quantitative estimate of drug-likeness (QED) is 0.823. The van der Waals surface area contributed by atoms with Crippen LogP contribution in [0.5, 0.6) is 5.75 Å². The topological polar surface area (TPSA) is 67.3 Å². The number of ether oxygens (including phenoxy) is 1. The predicted molar refractivity (Wildman–Crippen MR) is 98.3 cm³/mol. The highest BCUT2D eigenvalue weighted by molar-refractivity contribution is 6.00. The number of aromatic amines is 1. The van der Waals surface area contributed by atoms with Crippen molar-refractivity contribution in [1.29, 1.82) is 0 Å². The number of rotatable bonds is 6. The summed E-state index contributed by atoms with van der Waals surface area (Å²) in [6.07, 6.45) is 1.74. The number of aromatic nitrogens is 2. The second kappa shape index (κ2) is 7.90. The smallest absolute Gasteiger partial charge is 0.254 e. The van der Waals surface area contributed by atoms with Crippen molar-refractivity contribution in [2.75, 3.05) is 13.7 Å². The van der Waals surface area contributed by atoms with Gasteiger partial charge in [-0.15, -0.1) is 0 Å². The van der Waals surface area contributed by atoms with Crippen LogP contribution >= 0.6 is 0 Å². The van der Waals surface area contributed by atoms with E-state index in [1.165, 1.54) is 0 Å². The zero-order valence-corrected chi connectivity index (χ0v) is 15.1. The zero-order valence-electron chi connectivity index (χ0n) is 15.1. The van der Waals surface area contributed by atoms with Crippen molar-refractivity contribution in [2.45, 2.75) is 40.5 Å². The molecule has 2 aromatic rings. The van der Waals surface area contributed by atoms with Gasteiger partial charge in [0.1, 0.15) is 11.6 Å². The highest BCUT2D eigenvalue weighted by Crippen LogP contribution is 2.28. The van der Waals surface area contributed by atoms with Gasteiger partial charge in [0.15, 0.2) is 0 Å². The Hall–Kier alpha value is -2.43. The molecule has 24 heavy (non-hydrogen) atoms. The Bertz CT molecular complexity index is 807. The van der Waals surface area contributed by atoms with Gasteiger partial charge in [-0.05, 0) is 39.3 Å². The molecular weight excluding hydrogens is 302 g/mol. The SMILES string of the molecule is CCCC(=NC)c1nc(-c2cc(C)ccc2OCC)[nH]c(=O)c1C. The molecule has 0 aliphatic heterocycles. The first kappa shape index (κ1) is 17.9. The van der Waals surface area contributed by atoms with Crippen LogP contribution in [0.25, 0.3) is 11.4 Å². The molecule has 0 saturated heterocycles. The Morgan fingerprint density at radius 2 is 2.04 bits per heavy atom. The first-order chi connectivity index (χ1) is 11.5. The standard InChI is InChI=1S/C19H25N3O2/c1-6-8-15(20-5)17-13(4)19(23)22-18(21-17)14-11-12(3)9-10-16(14)24-7-2/h9-11H,6-8H2,1-5H3,(H,21,22,23). The molecular formula is C19H25N3O2. The van der Waals surface area contributed by atoms with Gasteiger partial charge < -0.3 is 9.72 Å². The van der Waals surface area contributed by atoms with Crippen LogP contribution in [-0.2, 0) is 0 Å². The van der Waals surface area contributed by atoms with E-state index in [-0.39, 0.29) is 5.56 Å². The minimum Gasteiger partial charge on any atom is -0.493 e. The van der Waals surface area contributed by atoms with E-state index in [0.717, 1.165) is 29.7 Å². The molecule has 0 bridgehead atoms. The monoisotopic (exact) mass is 327 g/mol. The molecule has 0 amide bonds. The van der Waals surface area contributed by atoms with E-state index in [9.17, 15) is 4.79 Å². The molecule has 0 saturated carbocycles. The minimum absolute atomic E-state index is 0.142. The van der Waals surface area contributed by atoms with E-state index in [4.69, 9.17) is 9.72 Å². The lowest BCUT2D eigenvalue weighted by Gasteiger charge is -2.13. The van der Waals surface area contributed by atoms with E-state index in [2.05, 4.69) is 16.9 Å². The van der Waals surface area contributed by atoms with Crippen LogP contribution in [-0.4, -0.2) is 29.3 Å². The summed E-state index contributed by atoms with van der Waals surface area (Å²) in [5, 5.41) is 0. The summed E-state index contributed by atoms with van der Waals surface area (Å²) < 4.78 is 5.70. The van der Waals surface area contributed by atoms with Gasteiger partial charge in [-0.2, -0.15) is 0 Å². The third-order valence-electron chi connectivity index (χ3n) is 3.87. The number of aryl methyl sites for hydroxylation is 1. The minimum atomic E-state index is -0.142. The van der Waals surface area contributed by atoms with Crippen molar-refractivity contribution in [3.8, 4) is 17.1 Å². The molecule has 1 N–H and O–H groups in total. The number of hydrogen-bond donors (Lipinski definition) is 1. The van der Waals surface area contributed by atoms with Crippen LogP contribution in [0.15, 0.2) is 28.0 Å². The average Bonchev–Trinajstić information content (AvgIpc) is 2.57. The molecule has 0 aliphatic rings. The van der Waals surface area contributed by atoms with Gasteiger partial charge in [0, 0.05) is 12.6 Å². The Morgan fingerprint density at radius 1 is 1.29 bits per heavy atom. The molecule has 0 atom stereocenters. The largest absolute Gasteiger partial charge is 0.493 e. The number of aliphatic imine (C=N–C) groups is 1. The normalized spacial score (nSPS) is 11.6. The fraction of sp³-hybridized carbons (Fsp3) is 0.421. The second-order valence-corrected chi connectivity index (χ2v) is 5.74. The molecule has 128 valence electrons. The number of nitrogens with one attached hydrogen (secondary N) is 1. The van der Waals surface area contributed by atoms with Gasteiger partial charge in [-0.1, -0.05) is 25.0 Å². The molecule has 5 nitrogen and oxygen atoms in total. The molecule has 0 unspecified atom stereocenters. The van der Waals surface area contributed by atoms with E-state index in [0.29, 0.717) is 29.4 Å². The summed E-state index contributed by atoms with van der Waals surface area (Å²) in [6.45, 7) is 8.36. The molecule has 5 heteroatoms. The molecule has 0 radical (unpaired) electrons. The van der Waals surface area contributed by atoms with Crippen molar-refractivity contribution in [2.24, 2.45) is 4.99 Å². The van der Waals surface area contributed by atoms with Crippen LogP contribution < -0.4 is 10.3 Å². The van der Waals surface area contributed by atoms with Gasteiger partial charge in [-0.25, -0.2) is 4.98 Å². The Kier molecular flexibility index (Phi) is 5.90. The summed E-state index contributed by atoms with van der Waals surface area (Å²) in [6, 6.07) is 5.87. The summed E-state index contributed by atoms with van der Waals surface area (Å²) in [5.74, 6) is 1.23. The van der Waals surface area contributed by atoms with Gasteiger partial charge in [-0.3, -0.25) is 9.79 Å². The van der Waals surface area contributed by atoms with Gasteiger partial charge in [0.05, 0.1) is 23.6 Å². The molecule has 0 aliphatic carbocycles. The summed E-state index contributed by atoms with van der Waals surface area (Å²) >= 11 is 0. The van der Waals surface area contributed by atoms with Crippen LogP contribution in [0.3, 0.4) is 0 Å². The Morgan fingerprint density at radius 3 is 2.67 bits per heavy atom. The third kappa shape index (κ3) is 3.72. The summed E-state index contributed by atoms with van der Waals surface area (Å²) in [5.41, 5.74) is 3.85. The van der Waals surface area contributed by atoms with Gasteiger partial charge >= 0.3 is 0 Å². The predicted octanol–water partition coefficient (Wildman–Crippen LogP) is 3.67. The maximum atomic E-state index is 12.4. The highest BCUT2D eigenvalue weighted by atomic mass is 16.5. The fourth-order valence-electron chi connectivity index (χ4n) is 2.62. The number of nitrogens with zero attached hydrogens (tertiary/aromatic N) is 2.